The Bertz CT molecular complexity index is 1480. The maximum Gasteiger partial charge on any atom is 0.156 e. The molecule has 0 bridgehead atoms. The molecule has 190 valence electrons. The Labute approximate surface area is 225 Å². The minimum Gasteiger partial charge on any atom is -0.591 e. The molecule has 1 aliphatic heterocycles. The van der Waals surface area contributed by atoms with E-state index in [0.29, 0.717) is 29.2 Å². The van der Waals surface area contributed by atoms with Crippen molar-refractivity contribution in [3.63, 3.8) is 0 Å². The van der Waals surface area contributed by atoms with Gasteiger partial charge in [0.25, 0.3) is 0 Å². The average molecular weight is 583 g/mol. The molecule has 0 spiro atoms. The molecule has 0 aliphatic carbocycles. The summed E-state index contributed by atoms with van der Waals surface area (Å²) in [6, 6.07) is 7.96. The Balaban J connectivity index is 1.39. The zero-order valence-electron chi connectivity index (χ0n) is 20.6. The van der Waals surface area contributed by atoms with Gasteiger partial charge in [0, 0.05) is 47.3 Å². The van der Waals surface area contributed by atoms with Crippen molar-refractivity contribution in [1.29, 1.82) is 0 Å². The number of hydrogen-bond acceptors (Lipinski definition) is 7. The molecule has 37 heavy (non-hydrogen) atoms. The van der Waals surface area contributed by atoms with Crippen molar-refractivity contribution < 1.29 is 8.94 Å². The molecule has 0 radical (unpaired) electrons. The van der Waals surface area contributed by atoms with Gasteiger partial charge in [-0.2, -0.15) is 5.10 Å². The van der Waals surface area contributed by atoms with Gasteiger partial charge in [-0.15, -0.1) is 0 Å². The van der Waals surface area contributed by atoms with Crippen LogP contribution in [0.25, 0.3) is 11.1 Å². The maximum atomic E-state index is 13.5. The highest BCUT2D eigenvalue weighted by atomic mass is 79.9. The average Bonchev–Trinajstić information content (AvgIpc) is 3.28. The third-order valence-electron chi connectivity index (χ3n) is 5.89. The molecule has 0 amide bonds. The summed E-state index contributed by atoms with van der Waals surface area (Å²) in [6.45, 7) is 7.00. The van der Waals surface area contributed by atoms with E-state index < -0.39 is 16.1 Å². The molecule has 0 saturated heterocycles. The lowest BCUT2D eigenvalue weighted by Gasteiger charge is -2.27. The van der Waals surface area contributed by atoms with Crippen molar-refractivity contribution in [1.82, 2.24) is 24.6 Å². The second-order valence-electron chi connectivity index (χ2n) is 9.60. The van der Waals surface area contributed by atoms with E-state index in [1.54, 1.807) is 35.4 Å². The zero-order chi connectivity index (χ0) is 26.2. The summed E-state index contributed by atoms with van der Waals surface area (Å²) in [5, 5.41) is 4.27. The van der Waals surface area contributed by atoms with Crippen LogP contribution in [0.2, 0.25) is 0 Å². The van der Waals surface area contributed by atoms with Gasteiger partial charge in [-0.05, 0) is 79.0 Å². The first-order valence-electron chi connectivity index (χ1n) is 11.7. The Hall–Kier alpha value is -3.15. The molecule has 4 aromatic rings. The fraction of sp³-hybridized carbons (Fsp3) is 0.269. The van der Waals surface area contributed by atoms with E-state index in [-0.39, 0.29) is 5.82 Å². The fourth-order valence-corrected chi connectivity index (χ4v) is 4.97. The Morgan fingerprint density at radius 2 is 1.84 bits per heavy atom. The number of nitrogens with zero attached hydrogens (tertiary/aromatic N) is 7. The molecule has 0 N–H and O–H groups in total. The number of rotatable bonds is 5. The van der Waals surface area contributed by atoms with E-state index in [2.05, 4.69) is 51.4 Å². The highest BCUT2D eigenvalue weighted by molar-refractivity contribution is 9.10. The molecule has 0 saturated carbocycles. The van der Waals surface area contributed by atoms with Crippen LogP contribution in [0.5, 0.6) is 0 Å². The van der Waals surface area contributed by atoms with Gasteiger partial charge in [0.2, 0.25) is 0 Å². The number of halogens is 2. The van der Waals surface area contributed by atoms with E-state index in [4.69, 9.17) is 0 Å². The predicted molar refractivity (Wildman–Crippen MR) is 147 cm³/mol. The zero-order valence-corrected chi connectivity index (χ0v) is 23.0. The molecule has 0 fully saturated rings. The lowest BCUT2D eigenvalue weighted by molar-refractivity contribution is 0.561. The van der Waals surface area contributed by atoms with E-state index in [0.717, 1.165) is 34.3 Å². The predicted octanol–water partition coefficient (Wildman–Crippen LogP) is 5.01. The van der Waals surface area contributed by atoms with Gasteiger partial charge in [-0.1, -0.05) is 10.5 Å². The van der Waals surface area contributed by atoms with Crippen LogP contribution in [-0.4, -0.2) is 52.7 Å². The number of fused-ring (bicyclic) bond motifs is 1. The lowest BCUT2D eigenvalue weighted by atomic mass is 10.0. The minimum atomic E-state index is -1.51. The maximum absolute atomic E-state index is 13.5. The molecule has 1 atom stereocenters. The minimum absolute atomic E-state index is 0.350. The summed E-state index contributed by atoms with van der Waals surface area (Å²) in [7, 11) is 0. The first-order chi connectivity index (χ1) is 17.7. The van der Waals surface area contributed by atoms with Gasteiger partial charge >= 0.3 is 0 Å². The normalized spacial score (nSPS) is 15.7. The van der Waals surface area contributed by atoms with Crippen molar-refractivity contribution >= 4 is 49.9 Å². The van der Waals surface area contributed by atoms with Crippen LogP contribution in [0.1, 0.15) is 44.1 Å². The number of aromatic nitrogens is 5. The third kappa shape index (κ3) is 5.58. The highest BCUT2D eigenvalue weighted by Crippen LogP contribution is 2.27. The monoisotopic (exact) mass is 581 g/mol. The van der Waals surface area contributed by atoms with Gasteiger partial charge in [-0.3, -0.25) is 0 Å². The van der Waals surface area contributed by atoms with Crippen molar-refractivity contribution in [2.24, 2.45) is 4.40 Å². The van der Waals surface area contributed by atoms with Crippen molar-refractivity contribution in [3.8, 4) is 0 Å². The van der Waals surface area contributed by atoms with Crippen LogP contribution in [0.3, 0.4) is 0 Å². The van der Waals surface area contributed by atoms with E-state index in [1.165, 1.54) is 12.1 Å². The summed E-state index contributed by atoms with van der Waals surface area (Å²) in [6.07, 6.45) is 9.70. The van der Waals surface area contributed by atoms with Crippen molar-refractivity contribution in [2.75, 3.05) is 18.0 Å². The Kier molecular flexibility index (Phi) is 7.11. The topological polar surface area (TPSA) is 94.6 Å². The second kappa shape index (κ2) is 10.3. The standard InChI is InChI=1S/C26H25BrFN7OS/c1-26(2,3)37(36)33-23(17-4-6-21(28)7-5-17)19-13-29-24(30-14-19)18-8-10-34(11-9-18)25-22-12-20(27)15-35(22)32-16-31-25/h4-8,12-16H,9-11H2,1-3H3/b33-23+/t37-/m0/s1. The fourth-order valence-electron chi connectivity index (χ4n) is 3.91. The molecule has 1 aromatic carbocycles. The molecular formula is C26H25BrFN7OS. The summed E-state index contributed by atoms with van der Waals surface area (Å²) >= 11 is 1.99. The van der Waals surface area contributed by atoms with Gasteiger partial charge in [0.05, 0.1) is 0 Å². The van der Waals surface area contributed by atoms with Crippen LogP contribution < -0.4 is 4.90 Å². The summed E-state index contributed by atoms with van der Waals surface area (Å²) < 4.78 is 33.0. The Morgan fingerprint density at radius 1 is 1.11 bits per heavy atom. The number of benzene rings is 1. The van der Waals surface area contributed by atoms with Gasteiger partial charge in [-0.25, -0.2) is 23.9 Å². The second-order valence-corrected chi connectivity index (χ2v) is 12.4. The Morgan fingerprint density at radius 3 is 2.49 bits per heavy atom. The molecule has 1 aliphatic rings. The molecule has 3 aromatic heterocycles. The van der Waals surface area contributed by atoms with Crippen LogP contribution >= 0.6 is 15.9 Å². The van der Waals surface area contributed by atoms with Crippen LogP contribution in [0.4, 0.5) is 10.2 Å². The van der Waals surface area contributed by atoms with E-state index in [9.17, 15) is 8.94 Å². The number of anilines is 1. The SMILES string of the molecule is CC(C)(C)[S@+]([O-])/N=C(\c1ccc(F)cc1)c1cnc(C2=CCN(c3ncnn4cc(Br)cc34)CC2)nc1. The third-order valence-corrected chi connectivity index (χ3v) is 7.72. The summed E-state index contributed by atoms with van der Waals surface area (Å²) in [5.74, 6) is 1.16. The molecule has 0 unspecified atom stereocenters. The lowest BCUT2D eigenvalue weighted by Crippen LogP contribution is -2.30. The van der Waals surface area contributed by atoms with Gasteiger partial charge < -0.3 is 9.45 Å². The summed E-state index contributed by atoms with van der Waals surface area (Å²) in [4.78, 5) is 15.9. The van der Waals surface area contributed by atoms with Crippen molar-refractivity contribution in [3.05, 3.63) is 88.6 Å². The smallest absolute Gasteiger partial charge is 0.156 e. The van der Waals surface area contributed by atoms with Gasteiger partial charge in [0.1, 0.15) is 39.5 Å². The summed E-state index contributed by atoms with van der Waals surface area (Å²) in [5.41, 5.74) is 3.72. The van der Waals surface area contributed by atoms with Crippen LogP contribution in [0, 0.1) is 5.82 Å². The van der Waals surface area contributed by atoms with E-state index in [1.807, 2.05) is 33.0 Å². The molecule has 5 rings (SSSR count). The largest absolute Gasteiger partial charge is 0.591 e. The van der Waals surface area contributed by atoms with Crippen LogP contribution in [-0.2, 0) is 11.4 Å². The first-order valence-corrected chi connectivity index (χ1v) is 13.6. The molecule has 8 nitrogen and oxygen atoms in total. The van der Waals surface area contributed by atoms with Gasteiger partial charge in [0.15, 0.2) is 11.6 Å². The molecular weight excluding hydrogens is 557 g/mol. The molecule has 4 heterocycles. The number of hydrogen-bond donors (Lipinski definition) is 0. The quantitative estimate of drug-likeness (QED) is 0.243. The van der Waals surface area contributed by atoms with Crippen molar-refractivity contribution in [2.45, 2.75) is 31.9 Å². The van der Waals surface area contributed by atoms with E-state index >= 15 is 0 Å². The van der Waals surface area contributed by atoms with Crippen LogP contribution in [0.15, 0.2) is 70.2 Å². The first kappa shape index (κ1) is 25.5. The molecule has 11 heteroatoms. The highest BCUT2D eigenvalue weighted by Gasteiger charge is 2.28.